The number of H-pyrrole nitrogens is 1. The molecule has 0 amide bonds. The Labute approximate surface area is 194 Å². The summed E-state index contributed by atoms with van der Waals surface area (Å²) in [7, 11) is 1.60. The SMILES string of the molecule is COc1cc(N2CCN(CC(=O)n3nc(-c4ncc[nH]4)c4c(N)ncnc43)CC2)ccc1Cl. The lowest BCUT2D eigenvalue weighted by molar-refractivity contribution is 0.0833. The highest BCUT2D eigenvalue weighted by Crippen LogP contribution is 2.30. The number of nitrogens with one attached hydrogen (secondary N) is 1. The van der Waals surface area contributed by atoms with Gasteiger partial charge < -0.3 is 20.4 Å². The number of benzene rings is 1. The molecular weight excluding hydrogens is 446 g/mol. The lowest BCUT2D eigenvalue weighted by atomic mass is 10.2. The van der Waals surface area contributed by atoms with E-state index in [0.717, 1.165) is 31.9 Å². The molecule has 170 valence electrons. The number of nitrogens with two attached hydrogens (primary N) is 1. The summed E-state index contributed by atoms with van der Waals surface area (Å²) in [5.41, 5.74) is 7.92. The Morgan fingerprint density at radius 3 is 2.76 bits per heavy atom. The van der Waals surface area contributed by atoms with Crippen molar-refractivity contribution in [1.29, 1.82) is 0 Å². The van der Waals surface area contributed by atoms with Crippen LogP contribution in [0.2, 0.25) is 5.02 Å². The molecule has 0 unspecified atom stereocenters. The van der Waals surface area contributed by atoms with Gasteiger partial charge >= 0.3 is 0 Å². The maximum Gasteiger partial charge on any atom is 0.263 e. The third-order valence-electron chi connectivity index (χ3n) is 5.68. The molecule has 0 radical (unpaired) electrons. The summed E-state index contributed by atoms with van der Waals surface area (Å²) < 4.78 is 6.62. The van der Waals surface area contributed by atoms with Crippen molar-refractivity contribution in [1.82, 2.24) is 34.6 Å². The first-order valence-electron chi connectivity index (χ1n) is 10.4. The summed E-state index contributed by atoms with van der Waals surface area (Å²) in [6, 6.07) is 5.74. The molecule has 3 N–H and O–H groups in total. The summed E-state index contributed by atoms with van der Waals surface area (Å²) in [6.07, 6.45) is 4.61. The predicted molar refractivity (Wildman–Crippen MR) is 125 cm³/mol. The van der Waals surface area contributed by atoms with E-state index in [1.54, 1.807) is 19.5 Å². The number of anilines is 2. The summed E-state index contributed by atoms with van der Waals surface area (Å²) in [4.78, 5) is 33.0. The topological polar surface area (TPSA) is 131 Å². The van der Waals surface area contributed by atoms with Crippen molar-refractivity contribution in [3.8, 4) is 17.3 Å². The fourth-order valence-electron chi connectivity index (χ4n) is 3.98. The number of piperazine rings is 1. The van der Waals surface area contributed by atoms with Crippen LogP contribution in [-0.4, -0.2) is 80.4 Å². The summed E-state index contributed by atoms with van der Waals surface area (Å²) in [5.74, 6) is 1.20. The number of nitrogen functional groups attached to an aromatic ring is 1. The second-order valence-electron chi connectivity index (χ2n) is 7.63. The van der Waals surface area contributed by atoms with Gasteiger partial charge in [-0.1, -0.05) is 11.6 Å². The molecule has 5 rings (SSSR count). The first-order chi connectivity index (χ1) is 16.0. The van der Waals surface area contributed by atoms with Crippen molar-refractivity contribution >= 4 is 40.0 Å². The molecule has 1 aliphatic heterocycles. The number of fused-ring (bicyclic) bond motifs is 1. The smallest absolute Gasteiger partial charge is 0.263 e. The maximum absolute atomic E-state index is 13.2. The normalized spacial score (nSPS) is 14.7. The van der Waals surface area contributed by atoms with Crippen molar-refractivity contribution in [3.63, 3.8) is 0 Å². The number of methoxy groups -OCH3 is 1. The number of ether oxygens (including phenoxy) is 1. The van der Waals surface area contributed by atoms with Crippen LogP contribution < -0.4 is 15.4 Å². The van der Waals surface area contributed by atoms with E-state index in [4.69, 9.17) is 22.1 Å². The summed E-state index contributed by atoms with van der Waals surface area (Å²) in [5, 5.41) is 5.56. The lowest BCUT2D eigenvalue weighted by Crippen LogP contribution is -2.48. The van der Waals surface area contributed by atoms with E-state index >= 15 is 0 Å². The number of carbonyl (C=O) groups excluding carboxylic acids is 1. The largest absolute Gasteiger partial charge is 0.495 e. The Morgan fingerprint density at radius 1 is 1.21 bits per heavy atom. The van der Waals surface area contributed by atoms with E-state index in [0.29, 0.717) is 33.3 Å². The second kappa shape index (κ2) is 8.68. The quantitative estimate of drug-likeness (QED) is 0.451. The molecule has 0 atom stereocenters. The monoisotopic (exact) mass is 467 g/mol. The molecule has 1 saturated heterocycles. The van der Waals surface area contributed by atoms with Gasteiger partial charge in [0, 0.05) is 50.3 Å². The predicted octanol–water partition coefficient (Wildman–Crippen LogP) is 1.92. The molecule has 0 aliphatic carbocycles. The van der Waals surface area contributed by atoms with E-state index in [-0.39, 0.29) is 18.3 Å². The van der Waals surface area contributed by atoms with Crippen molar-refractivity contribution in [2.24, 2.45) is 0 Å². The van der Waals surface area contributed by atoms with Gasteiger partial charge in [-0.15, -0.1) is 0 Å². The van der Waals surface area contributed by atoms with Gasteiger partial charge in [-0.2, -0.15) is 9.78 Å². The minimum atomic E-state index is -0.197. The standard InChI is InChI=1S/C21H22ClN9O2/c1-33-15-10-13(2-3-14(15)22)30-8-6-29(7-9-30)11-16(32)31-21-17(19(23)26-12-27-21)18(28-31)20-24-4-5-25-20/h2-5,10,12H,6-9,11H2,1H3,(H,24,25)(H2,23,26,27). The minimum Gasteiger partial charge on any atom is -0.495 e. The van der Waals surface area contributed by atoms with Gasteiger partial charge in [0.25, 0.3) is 5.91 Å². The molecule has 3 aromatic heterocycles. The molecule has 4 aromatic rings. The zero-order valence-corrected chi connectivity index (χ0v) is 18.7. The third-order valence-corrected chi connectivity index (χ3v) is 6.00. The molecule has 11 nitrogen and oxygen atoms in total. The van der Waals surface area contributed by atoms with Crippen molar-refractivity contribution in [2.75, 3.05) is 50.5 Å². The number of imidazole rings is 1. The summed E-state index contributed by atoms with van der Waals surface area (Å²) in [6.45, 7) is 3.18. The highest BCUT2D eigenvalue weighted by Gasteiger charge is 2.25. The molecule has 0 bridgehead atoms. The van der Waals surface area contributed by atoms with Crippen LogP contribution in [0.15, 0.2) is 36.9 Å². The zero-order chi connectivity index (χ0) is 22.9. The second-order valence-corrected chi connectivity index (χ2v) is 8.04. The first-order valence-corrected chi connectivity index (χ1v) is 10.8. The Kier molecular flexibility index (Phi) is 5.56. The van der Waals surface area contributed by atoms with E-state index in [1.165, 1.54) is 11.0 Å². The van der Waals surface area contributed by atoms with Gasteiger partial charge in [-0.3, -0.25) is 9.69 Å². The number of aromatic nitrogens is 6. The fourth-order valence-corrected chi connectivity index (χ4v) is 4.17. The van der Waals surface area contributed by atoms with Gasteiger partial charge in [0.15, 0.2) is 11.5 Å². The van der Waals surface area contributed by atoms with Gasteiger partial charge in [0.1, 0.15) is 23.6 Å². The molecule has 4 heterocycles. The lowest BCUT2D eigenvalue weighted by Gasteiger charge is -2.35. The Balaban J connectivity index is 1.32. The van der Waals surface area contributed by atoms with Crippen LogP contribution in [0.1, 0.15) is 4.79 Å². The summed E-state index contributed by atoms with van der Waals surface area (Å²) >= 11 is 6.14. The minimum absolute atomic E-state index is 0.197. The highest BCUT2D eigenvalue weighted by atomic mass is 35.5. The molecular formula is C21H22ClN9O2. The van der Waals surface area contributed by atoms with Crippen molar-refractivity contribution in [3.05, 3.63) is 41.9 Å². The molecule has 1 aromatic carbocycles. The maximum atomic E-state index is 13.2. The Hall–Kier alpha value is -3.70. The van der Waals surface area contributed by atoms with Crippen LogP contribution in [0.3, 0.4) is 0 Å². The van der Waals surface area contributed by atoms with Gasteiger partial charge in [0.05, 0.1) is 24.1 Å². The van der Waals surface area contributed by atoms with E-state index in [2.05, 4.69) is 34.8 Å². The number of nitrogens with zero attached hydrogens (tertiary/aromatic N) is 7. The molecule has 1 fully saturated rings. The van der Waals surface area contributed by atoms with Gasteiger partial charge in [-0.25, -0.2) is 15.0 Å². The average molecular weight is 468 g/mol. The van der Waals surface area contributed by atoms with Gasteiger partial charge in [0.2, 0.25) is 0 Å². The van der Waals surface area contributed by atoms with Crippen LogP contribution in [0.25, 0.3) is 22.6 Å². The average Bonchev–Trinajstić information content (AvgIpc) is 3.49. The number of hydrogen-bond donors (Lipinski definition) is 2. The van der Waals surface area contributed by atoms with E-state index in [1.807, 2.05) is 18.2 Å². The molecule has 33 heavy (non-hydrogen) atoms. The zero-order valence-electron chi connectivity index (χ0n) is 17.9. The van der Waals surface area contributed by atoms with Crippen LogP contribution in [0.4, 0.5) is 11.5 Å². The van der Waals surface area contributed by atoms with Crippen LogP contribution in [0, 0.1) is 0 Å². The molecule has 0 spiro atoms. The number of aromatic amines is 1. The van der Waals surface area contributed by atoms with E-state index < -0.39 is 0 Å². The number of hydrogen-bond acceptors (Lipinski definition) is 9. The molecule has 1 aliphatic rings. The number of halogens is 1. The van der Waals surface area contributed by atoms with Crippen LogP contribution in [-0.2, 0) is 0 Å². The Bertz CT molecular complexity index is 1300. The molecule has 12 heteroatoms. The van der Waals surface area contributed by atoms with Crippen molar-refractivity contribution in [2.45, 2.75) is 0 Å². The first kappa shape index (κ1) is 21.2. The number of carbonyl (C=O) groups is 1. The fraction of sp³-hybridized carbons (Fsp3) is 0.286. The van der Waals surface area contributed by atoms with Crippen molar-refractivity contribution < 1.29 is 9.53 Å². The molecule has 0 saturated carbocycles. The Morgan fingerprint density at radius 2 is 2.03 bits per heavy atom. The van der Waals surface area contributed by atoms with Crippen LogP contribution in [0.5, 0.6) is 5.75 Å². The highest BCUT2D eigenvalue weighted by molar-refractivity contribution is 6.32. The van der Waals surface area contributed by atoms with E-state index in [9.17, 15) is 4.79 Å². The number of rotatable bonds is 5. The van der Waals surface area contributed by atoms with Gasteiger partial charge in [-0.05, 0) is 12.1 Å². The third kappa shape index (κ3) is 3.96. The van der Waals surface area contributed by atoms with Crippen LogP contribution >= 0.6 is 11.6 Å².